The maximum Gasteiger partial charge on any atom is 0.193 e. The number of hydrogen-bond acceptors (Lipinski definition) is 2. The summed E-state index contributed by atoms with van der Waals surface area (Å²) in [6.45, 7) is 7.88. The minimum absolute atomic E-state index is 0. The van der Waals surface area contributed by atoms with Crippen LogP contribution in [-0.4, -0.2) is 5.78 Å². The number of ketones is 1. The molecule has 0 amide bonds. The van der Waals surface area contributed by atoms with E-state index in [-0.39, 0.29) is 18.2 Å². The molecule has 0 aliphatic heterocycles. The van der Waals surface area contributed by atoms with Crippen LogP contribution in [0, 0.1) is 27.7 Å². The first-order chi connectivity index (χ1) is 8.95. The Balaban J connectivity index is 0.00000200. The minimum atomic E-state index is 0. The summed E-state index contributed by atoms with van der Waals surface area (Å²) in [6.07, 6.45) is 0. The highest BCUT2D eigenvalue weighted by Crippen LogP contribution is 2.29. The van der Waals surface area contributed by atoms with E-state index in [4.69, 9.17) is 5.73 Å². The molecule has 2 nitrogen and oxygen atoms in total. The number of nitrogen functional groups attached to an aromatic ring is 1. The molecule has 0 fully saturated rings. The average molecular weight is 290 g/mol. The summed E-state index contributed by atoms with van der Waals surface area (Å²) in [5, 5.41) is 0. The lowest BCUT2D eigenvalue weighted by molar-refractivity contribution is 0.103. The molecule has 3 heteroatoms. The Morgan fingerprint density at radius 3 is 1.75 bits per heavy atom. The first kappa shape index (κ1) is 16.3. The fourth-order valence-corrected chi connectivity index (χ4v) is 2.42. The highest BCUT2D eigenvalue weighted by molar-refractivity contribution is 6.11. The second-order valence-corrected chi connectivity index (χ2v) is 4.98. The maximum absolute atomic E-state index is 12.7. The van der Waals surface area contributed by atoms with Crippen molar-refractivity contribution in [1.29, 1.82) is 0 Å². The predicted octanol–water partition coefficient (Wildman–Crippen LogP) is 4.16. The van der Waals surface area contributed by atoms with Gasteiger partial charge in [-0.15, -0.1) is 12.4 Å². The third-order valence-corrected chi connectivity index (χ3v) is 3.95. The lowest BCUT2D eigenvalue weighted by Crippen LogP contribution is -2.11. The Hall–Kier alpha value is -1.80. The molecule has 0 bridgehead atoms. The Kier molecular flexibility index (Phi) is 4.96. The summed E-state index contributed by atoms with van der Waals surface area (Å²) in [5.41, 5.74) is 12.3. The highest BCUT2D eigenvalue weighted by Gasteiger charge is 2.19. The molecule has 2 rings (SSSR count). The van der Waals surface area contributed by atoms with Gasteiger partial charge in [0.15, 0.2) is 5.78 Å². The van der Waals surface area contributed by atoms with Gasteiger partial charge in [-0.1, -0.05) is 30.3 Å². The molecule has 2 aromatic carbocycles. The van der Waals surface area contributed by atoms with Gasteiger partial charge in [-0.2, -0.15) is 0 Å². The van der Waals surface area contributed by atoms with E-state index in [1.54, 1.807) is 0 Å². The van der Waals surface area contributed by atoms with Gasteiger partial charge in [0.1, 0.15) is 0 Å². The molecule has 0 aliphatic rings. The van der Waals surface area contributed by atoms with Crippen LogP contribution in [0.1, 0.15) is 38.2 Å². The maximum atomic E-state index is 12.7. The van der Waals surface area contributed by atoms with Crippen molar-refractivity contribution in [2.75, 3.05) is 5.73 Å². The van der Waals surface area contributed by atoms with Crippen molar-refractivity contribution in [3.63, 3.8) is 0 Å². The van der Waals surface area contributed by atoms with Crippen molar-refractivity contribution >= 4 is 23.9 Å². The molecule has 0 heterocycles. The molecule has 0 atom stereocenters. The molecule has 0 saturated carbocycles. The smallest absolute Gasteiger partial charge is 0.193 e. The zero-order valence-electron chi connectivity index (χ0n) is 12.3. The number of rotatable bonds is 2. The first-order valence-electron chi connectivity index (χ1n) is 6.40. The Labute approximate surface area is 126 Å². The lowest BCUT2D eigenvalue weighted by Gasteiger charge is -2.17. The van der Waals surface area contributed by atoms with Crippen LogP contribution in [0.2, 0.25) is 0 Å². The molecule has 106 valence electrons. The number of carbonyl (C=O) groups is 1. The summed E-state index contributed by atoms with van der Waals surface area (Å²) < 4.78 is 0. The standard InChI is InChI=1S/C17H19NO.ClH/c1-10-12(3)16(18)13(4)11(2)15(10)17(19)14-8-6-5-7-9-14;/h5-9H,18H2,1-4H3;1H. The number of carbonyl (C=O) groups excluding carboxylic acids is 1. The minimum Gasteiger partial charge on any atom is -0.398 e. The van der Waals surface area contributed by atoms with Gasteiger partial charge in [0.05, 0.1) is 0 Å². The van der Waals surface area contributed by atoms with Crippen LogP contribution in [0.25, 0.3) is 0 Å². The molecule has 0 aromatic heterocycles. The summed E-state index contributed by atoms with van der Waals surface area (Å²) in [4.78, 5) is 12.7. The van der Waals surface area contributed by atoms with Crippen molar-refractivity contribution in [2.45, 2.75) is 27.7 Å². The van der Waals surface area contributed by atoms with Crippen LogP contribution in [0.3, 0.4) is 0 Å². The van der Waals surface area contributed by atoms with E-state index in [9.17, 15) is 4.79 Å². The van der Waals surface area contributed by atoms with Gasteiger partial charge in [-0.05, 0) is 49.9 Å². The van der Waals surface area contributed by atoms with Crippen molar-refractivity contribution < 1.29 is 4.79 Å². The predicted molar refractivity (Wildman–Crippen MR) is 86.9 cm³/mol. The molecule has 2 aromatic rings. The van der Waals surface area contributed by atoms with Gasteiger partial charge < -0.3 is 5.73 Å². The number of hydrogen-bond donors (Lipinski definition) is 1. The monoisotopic (exact) mass is 289 g/mol. The van der Waals surface area contributed by atoms with Gasteiger partial charge in [-0.3, -0.25) is 4.79 Å². The Morgan fingerprint density at radius 1 is 0.850 bits per heavy atom. The molecule has 20 heavy (non-hydrogen) atoms. The molecule has 2 N–H and O–H groups in total. The van der Waals surface area contributed by atoms with Gasteiger partial charge >= 0.3 is 0 Å². The van der Waals surface area contributed by atoms with E-state index < -0.39 is 0 Å². The Bertz CT molecular complexity index is 619. The van der Waals surface area contributed by atoms with Gasteiger partial charge in [0.2, 0.25) is 0 Å². The lowest BCUT2D eigenvalue weighted by atomic mass is 9.88. The normalized spacial score (nSPS) is 10.0. The summed E-state index contributed by atoms with van der Waals surface area (Å²) in [5.74, 6) is 0.0711. The quantitative estimate of drug-likeness (QED) is 0.666. The van der Waals surface area contributed by atoms with Crippen molar-refractivity contribution in [2.24, 2.45) is 0 Å². The van der Waals surface area contributed by atoms with Crippen LogP contribution in [0.5, 0.6) is 0 Å². The van der Waals surface area contributed by atoms with E-state index >= 15 is 0 Å². The molecule has 0 saturated heterocycles. The van der Waals surface area contributed by atoms with E-state index in [1.165, 1.54) is 0 Å². The van der Waals surface area contributed by atoms with E-state index in [0.29, 0.717) is 0 Å². The van der Waals surface area contributed by atoms with Gasteiger partial charge in [-0.25, -0.2) is 0 Å². The Morgan fingerprint density at radius 2 is 1.30 bits per heavy atom. The first-order valence-corrected chi connectivity index (χ1v) is 6.40. The molecular formula is C17H20ClNO. The van der Waals surface area contributed by atoms with Crippen LogP contribution < -0.4 is 5.73 Å². The van der Waals surface area contributed by atoms with Gasteiger partial charge in [0.25, 0.3) is 0 Å². The topological polar surface area (TPSA) is 43.1 Å². The zero-order chi connectivity index (χ0) is 14.2. The fourth-order valence-electron chi connectivity index (χ4n) is 2.42. The molecular weight excluding hydrogens is 270 g/mol. The van der Waals surface area contributed by atoms with Crippen LogP contribution >= 0.6 is 12.4 Å². The summed E-state index contributed by atoms with van der Waals surface area (Å²) in [6, 6.07) is 9.38. The van der Waals surface area contributed by atoms with E-state index in [2.05, 4.69) is 0 Å². The van der Waals surface area contributed by atoms with Crippen LogP contribution in [0.15, 0.2) is 30.3 Å². The molecule has 0 radical (unpaired) electrons. The molecule has 0 spiro atoms. The second-order valence-electron chi connectivity index (χ2n) is 4.98. The van der Waals surface area contributed by atoms with Crippen LogP contribution in [-0.2, 0) is 0 Å². The van der Waals surface area contributed by atoms with Crippen molar-refractivity contribution in [3.05, 3.63) is 63.7 Å². The SMILES string of the molecule is Cc1c(C)c(C(=O)c2ccccc2)c(C)c(C)c1N.Cl. The number of benzene rings is 2. The second kappa shape index (κ2) is 6.10. The third-order valence-electron chi connectivity index (χ3n) is 3.95. The number of nitrogens with two attached hydrogens (primary N) is 1. The molecule has 0 aliphatic carbocycles. The molecule has 0 unspecified atom stereocenters. The average Bonchev–Trinajstić information content (AvgIpc) is 2.44. The zero-order valence-corrected chi connectivity index (χ0v) is 13.1. The van der Waals surface area contributed by atoms with E-state index in [1.807, 2.05) is 58.0 Å². The van der Waals surface area contributed by atoms with Gasteiger partial charge in [0, 0.05) is 16.8 Å². The number of halogens is 1. The third kappa shape index (κ3) is 2.56. The van der Waals surface area contributed by atoms with Crippen molar-refractivity contribution in [1.82, 2.24) is 0 Å². The van der Waals surface area contributed by atoms with E-state index in [0.717, 1.165) is 39.1 Å². The summed E-state index contributed by atoms with van der Waals surface area (Å²) in [7, 11) is 0. The summed E-state index contributed by atoms with van der Waals surface area (Å²) >= 11 is 0. The van der Waals surface area contributed by atoms with Crippen LogP contribution in [0.4, 0.5) is 5.69 Å². The van der Waals surface area contributed by atoms with Crippen molar-refractivity contribution in [3.8, 4) is 0 Å². The largest absolute Gasteiger partial charge is 0.398 e. The highest BCUT2D eigenvalue weighted by atomic mass is 35.5. The fraction of sp³-hybridized carbons (Fsp3) is 0.235. The number of anilines is 1.